The number of rotatable bonds is 5. The molecule has 0 saturated carbocycles. The molecule has 0 aliphatic heterocycles. The summed E-state index contributed by atoms with van der Waals surface area (Å²) in [5.74, 6) is -3.00. The second-order valence-corrected chi connectivity index (χ2v) is 6.80. The number of nitrogens with zero attached hydrogens (tertiary/aromatic N) is 3. The molecule has 156 valence electrons. The summed E-state index contributed by atoms with van der Waals surface area (Å²) in [6.45, 7) is 3.51. The molecule has 0 spiro atoms. The number of carboxylic acid groups (broad SMARTS) is 1. The molecule has 2 aromatic carbocycles. The highest BCUT2D eigenvalue weighted by Crippen LogP contribution is 2.34. The first-order chi connectivity index (χ1) is 14.9. The Labute approximate surface area is 175 Å². The van der Waals surface area contributed by atoms with Crippen LogP contribution in [-0.2, 0) is 0 Å². The van der Waals surface area contributed by atoms with Gasteiger partial charge < -0.3 is 9.63 Å². The number of para-hydroxylation sites is 1. The number of halogens is 1. The van der Waals surface area contributed by atoms with Crippen molar-refractivity contribution in [2.75, 3.05) is 5.32 Å². The van der Waals surface area contributed by atoms with Crippen molar-refractivity contribution in [3.8, 4) is 16.9 Å². The zero-order chi connectivity index (χ0) is 22.1. The fourth-order valence-electron chi connectivity index (χ4n) is 3.36. The molecule has 2 aromatic heterocycles. The molecule has 2 heterocycles. The van der Waals surface area contributed by atoms with E-state index in [0.29, 0.717) is 17.0 Å². The Morgan fingerprint density at radius 3 is 2.52 bits per heavy atom. The molecule has 31 heavy (non-hydrogen) atoms. The van der Waals surface area contributed by atoms with Gasteiger partial charge in [0.1, 0.15) is 11.5 Å². The molecule has 0 aliphatic rings. The summed E-state index contributed by atoms with van der Waals surface area (Å²) in [5.41, 5.74) is 2.22. The van der Waals surface area contributed by atoms with Gasteiger partial charge in [0.05, 0.1) is 17.1 Å². The van der Waals surface area contributed by atoms with Gasteiger partial charge in [0.2, 0.25) is 5.88 Å². The highest BCUT2D eigenvalue weighted by molar-refractivity contribution is 6.08. The number of hydrogen-bond acceptors (Lipinski definition) is 5. The van der Waals surface area contributed by atoms with E-state index in [0.717, 1.165) is 11.8 Å². The van der Waals surface area contributed by atoms with Crippen molar-refractivity contribution in [2.45, 2.75) is 13.8 Å². The Morgan fingerprint density at radius 1 is 1.10 bits per heavy atom. The molecule has 8 nitrogen and oxygen atoms in total. The van der Waals surface area contributed by atoms with Gasteiger partial charge in [-0.1, -0.05) is 29.4 Å². The van der Waals surface area contributed by atoms with Crippen molar-refractivity contribution in [1.82, 2.24) is 14.9 Å². The summed E-state index contributed by atoms with van der Waals surface area (Å²) in [5, 5.41) is 20.6. The average Bonchev–Trinajstić information content (AvgIpc) is 3.28. The number of anilines is 1. The van der Waals surface area contributed by atoms with Crippen LogP contribution in [0.15, 0.2) is 59.1 Å². The number of carbonyl (C=O) groups excluding carboxylic acids is 1. The Bertz CT molecular complexity index is 1290. The van der Waals surface area contributed by atoms with Crippen LogP contribution >= 0.6 is 0 Å². The molecule has 9 heteroatoms. The van der Waals surface area contributed by atoms with E-state index >= 15 is 0 Å². The maximum absolute atomic E-state index is 13.4. The monoisotopic (exact) mass is 420 g/mol. The third-order valence-corrected chi connectivity index (χ3v) is 4.75. The number of carboxylic acids is 1. The Balaban J connectivity index is 1.76. The number of aromatic nitrogens is 3. The largest absolute Gasteiger partial charge is 0.477 e. The molecule has 0 unspecified atom stereocenters. The van der Waals surface area contributed by atoms with Crippen LogP contribution < -0.4 is 5.32 Å². The minimum Gasteiger partial charge on any atom is -0.477 e. The maximum atomic E-state index is 13.4. The smallest absolute Gasteiger partial charge is 0.343 e. The van der Waals surface area contributed by atoms with Crippen LogP contribution in [0.4, 0.5) is 10.3 Å². The van der Waals surface area contributed by atoms with E-state index in [1.54, 1.807) is 18.5 Å². The van der Waals surface area contributed by atoms with Crippen molar-refractivity contribution in [3.63, 3.8) is 0 Å². The molecule has 0 fully saturated rings. The molecule has 1 amide bonds. The van der Waals surface area contributed by atoms with Crippen LogP contribution in [0.25, 0.3) is 16.9 Å². The first-order valence-corrected chi connectivity index (χ1v) is 9.28. The third-order valence-electron chi connectivity index (χ3n) is 4.75. The van der Waals surface area contributed by atoms with Crippen LogP contribution in [0.1, 0.15) is 32.1 Å². The lowest BCUT2D eigenvalue weighted by Crippen LogP contribution is -2.14. The van der Waals surface area contributed by atoms with Gasteiger partial charge in [-0.05, 0) is 44.2 Å². The second kappa shape index (κ2) is 7.86. The fraction of sp³-hybridized carbons (Fsp3) is 0.0909. The number of amides is 1. The van der Waals surface area contributed by atoms with Gasteiger partial charge in [0.15, 0.2) is 5.56 Å². The second-order valence-electron chi connectivity index (χ2n) is 6.80. The van der Waals surface area contributed by atoms with Crippen molar-refractivity contribution >= 4 is 17.8 Å². The van der Waals surface area contributed by atoms with E-state index < -0.39 is 17.7 Å². The lowest BCUT2D eigenvalue weighted by molar-refractivity contribution is 0.0698. The van der Waals surface area contributed by atoms with Crippen LogP contribution in [0.3, 0.4) is 0 Å². The first kappa shape index (κ1) is 20.0. The van der Waals surface area contributed by atoms with E-state index in [1.165, 1.54) is 18.2 Å². The molecule has 0 aliphatic carbocycles. The van der Waals surface area contributed by atoms with E-state index in [4.69, 9.17) is 4.52 Å². The number of hydrogen-bond donors (Lipinski definition) is 2. The van der Waals surface area contributed by atoms with Crippen LogP contribution in [0.2, 0.25) is 0 Å². The Kier molecular flexibility index (Phi) is 5.08. The zero-order valence-electron chi connectivity index (χ0n) is 16.6. The summed E-state index contributed by atoms with van der Waals surface area (Å²) in [7, 11) is 0. The molecule has 0 saturated heterocycles. The van der Waals surface area contributed by atoms with Gasteiger partial charge in [0, 0.05) is 11.1 Å². The number of carbonyl (C=O) groups is 2. The molecular formula is C22H17FN4O4. The summed E-state index contributed by atoms with van der Waals surface area (Å²) in [6, 6.07) is 14.3. The van der Waals surface area contributed by atoms with Gasteiger partial charge in [-0.3, -0.25) is 10.1 Å². The molecule has 0 bridgehead atoms. The van der Waals surface area contributed by atoms with Gasteiger partial charge in [0.25, 0.3) is 5.91 Å². The SMILES string of the molecule is Cc1nn(-c2ccccc2)c(C)c1-c1noc(NC(=O)c2cccc(F)c2)c1C(=O)O. The Hall–Kier alpha value is -4.27. The quantitative estimate of drug-likeness (QED) is 0.500. The zero-order valence-corrected chi connectivity index (χ0v) is 16.6. The summed E-state index contributed by atoms with van der Waals surface area (Å²) in [6.07, 6.45) is 0. The number of nitrogens with one attached hydrogen (secondary N) is 1. The number of aryl methyl sites for hydroxylation is 1. The van der Waals surface area contributed by atoms with E-state index in [-0.39, 0.29) is 22.7 Å². The topological polar surface area (TPSA) is 110 Å². The average molecular weight is 420 g/mol. The number of aromatic carboxylic acids is 1. The molecule has 2 N–H and O–H groups in total. The lowest BCUT2D eigenvalue weighted by Gasteiger charge is -2.05. The van der Waals surface area contributed by atoms with Gasteiger partial charge in [-0.15, -0.1) is 0 Å². The van der Waals surface area contributed by atoms with Gasteiger partial charge >= 0.3 is 5.97 Å². The fourth-order valence-corrected chi connectivity index (χ4v) is 3.36. The molecular weight excluding hydrogens is 403 g/mol. The van der Waals surface area contributed by atoms with Gasteiger partial charge in [-0.25, -0.2) is 13.9 Å². The van der Waals surface area contributed by atoms with Gasteiger partial charge in [-0.2, -0.15) is 5.10 Å². The molecule has 0 atom stereocenters. The lowest BCUT2D eigenvalue weighted by atomic mass is 10.1. The highest BCUT2D eigenvalue weighted by Gasteiger charge is 2.29. The van der Waals surface area contributed by atoms with E-state index in [9.17, 15) is 19.1 Å². The maximum Gasteiger partial charge on any atom is 0.343 e. The molecule has 0 radical (unpaired) electrons. The highest BCUT2D eigenvalue weighted by atomic mass is 19.1. The predicted octanol–water partition coefficient (Wildman–Crippen LogP) is 4.23. The van der Waals surface area contributed by atoms with Crippen molar-refractivity contribution in [2.24, 2.45) is 0 Å². The molecule has 4 aromatic rings. The summed E-state index contributed by atoms with van der Waals surface area (Å²) < 4.78 is 20.3. The van der Waals surface area contributed by atoms with Crippen molar-refractivity contribution in [1.29, 1.82) is 0 Å². The van der Waals surface area contributed by atoms with E-state index in [2.05, 4.69) is 15.6 Å². The summed E-state index contributed by atoms with van der Waals surface area (Å²) >= 11 is 0. The van der Waals surface area contributed by atoms with Crippen LogP contribution in [0.5, 0.6) is 0 Å². The normalized spacial score (nSPS) is 10.8. The first-order valence-electron chi connectivity index (χ1n) is 9.28. The minimum absolute atomic E-state index is 0.0125. The van der Waals surface area contributed by atoms with Crippen LogP contribution in [-0.4, -0.2) is 31.9 Å². The minimum atomic E-state index is -1.34. The van der Waals surface area contributed by atoms with E-state index in [1.807, 2.05) is 30.3 Å². The molecule has 4 rings (SSSR count). The van der Waals surface area contributed by atoms with Crippen LogP contribution in [0, 0.1) is 19.7 Å². The third kappa shape index (κ3) is 3.68. The number of benzene rings is 2. The van der Waals surface area contributed by atoms with Crippen molar-refractivity contribution < 1.29 is 23.6 Å². The predicted molar refractivity (Wildman–Crippen MR) is 110 cm³/mol. The summed E-state index contributed by atoms with van der Waals surface area (Å²) in [4.78, 5) is 24.4. The Morgan fingerprint density at radius 2 is 1.84 bits per heavy atom. The standard InChI is InChI=1S/C22H17FN4O4/c1-12-17(13(2)27(25-12)16-9-4-3-5-10-16)19-18(22(29)30)21(31-26-19)24-20(28)14-7-6-8-15(23)11-14/h3-11H,1-2H3,(H,24,28)(H,29,30). The van der Waals surface area contributed by atoms with Crippen molar-refractivity contribution in [3.05, 3.63) is 82.9 Å².